The van der Waals surface area contributed by atoms with Crippen molar-refractivity contribution in [1.82, 2.24) is 0 Å². The molecule has 1 aromatic rings. The van der Waals surface area contributed by atoms with Crippen LogP contribution in [0, 0.1) is 18.7 Å². The maximum atomic E-state index is 12.9. The van der Waals surface area contributed by atoms with Gasteiger partial charge in [0.2, 0.25) is 5.91 Å². The normalized spacial score (nSPS) is 19.8. The van der Waals surface area contributed by atoms with Crippen LogP contribution in [-0.4, -0.2) is 23.5 Å². The third-order valence-corrected chi connectivity index (χ3v) is 2.92. The molecule has 1 heterocycles. The third-order valence-electron chi connectivity index (χ3n) is 2.92. The zero-order chi connectivity index (χ0) is 12.6. The minimum absolute atomic E-state index is 0.00610. The molecule has 0 spiro atoms. The molecule has 1 fully saturated rings. The lowest BCUT2D eigenvalue weighted by molar-refractivity contribution is -0.141. The Kier molecular flexibility index (Phi) is 2.83. The van der Waals surface area contributed by atoms with Crippen LogP contribution in [0.3, 0.4) is 0 Å². The molecule has 1 N–H and O–H groups in total. The Morgan fingerprint density at radius 1 is 1.53 bits per heavy atom. The summed E-state index contributed by atoms with van der Waals surface area (Å²) in [4.78, 5) is 23.9. The van der Waals surface area contributed by atoms with Crippen molar-refractivity contribution in [2.24, 2.45) is 5.92 Å². The Morgan fingerprint density at radius 3 is 2.76 bits per heavy atom. The van der Waals surface area contributed by atoms with Crippen LogP contribution in [0.4, 0.5) is 10.1 Å². The minimum Gasteiger partial charge on any atom is -0.481 e. The van der Waals surface area contributed by atoms with E-state index in [0.717, 1.165) is 0 Å². The van der Waals surface area contributed by atoms with Crippen molar-refractivity contribution in [2.45, 2.75) is 13.3 Å². The molecule has 4 nitrogen and oxygen atoms in total. The fourth-order valence-electron chi connectivity index (χ4n) is 2.03. The zero-order valence-electron chi connectivity index (χ0n) is 9.31. The lowest BCUT2D eigenvalue weighted by atomic mass is 10.1. The summed E-state index contributed by atoms with van der Waals surface area (Å²) >= 11 is 0. The van der Waals surface area contributed by atoms with Gasteiger partial charge in [0.25, 0.3) is 0 Å². The fourth-order valence-corrected chi connectivity index (χ4v) is 2.03. The number of amides is 1. The van der Waals surface area contributed by atoms with Gasteiger partial charge in [0, 0.05) is 18.7 Å². The van der Waals surface area contributed by atoms with Gasteiger partial charge in [-0.25, -0.2) is 4.39 Å². The zero-order valence-corrected chi connectivity index (χ0v) is 9.31. The number of anilines is 1. The van der Waals surface area contributed by atoms with E-state index in [-0.39, 0.29) is 24.7 Å². The number of carboxylic acid groups (broad SMARTS) is 1. The molecule has 1 amide bonds. The number of halogens is 1. The number of aliphatic carboxylic acids is 1. The number of carbonyl (C=O) groups is 2. The lowest BCUT2D eigenvalue weighted by Crippen LogP contribution is -2.26. The van der Waals surface area contributed by atoms with Crippen LogP contribution < -0.4 is 4.90 Å². The summed E-state index contributed by atoms with van der Waals surface area (Å²) in [5, 5.41) is 8.87. The number of rotatable bonds is 2. The van der Waals surface area contributed by atoms with Gasteiger partial charge < -0.3 is 10.0 Å². The molecule has 17 heavy (non-hydrogen) atoms. The average molecular weight is 237 g/mol. The van der Waals surface area contributed by atoms with Gasteiger partial charge in [0.15, 0.2) is 0 Å². The highest BCUT2D eigenvalue weighted by atomic mass is 19.1. The second kappa shape index (κ2) is 4.16. The minimum atomic E-state index is -0.972. The van der Waals surface area contributed by atoms with Gasteiger partial charge in [0.1, 0.15) is 5.82 Å². The van der Waals surface area contributed by atoms with E-state index >= 15 is 0 Å². The van der Waals surface area contributed by atoms with Gasteiger partial charge in [-0.1, -0.05) is 0 Å². The van der Waals surface area contributed by atoms with Crippen LogP contribution in [0.2, 0.25) is 0 Å². The summed E-state index contributed by atoms with van der Waals surface area (Å²) < 4.78 is 12.9. The van der Waals surface area contributed by atoms with Gasteiger partial charge in [-0.15, -0.1) is 0 Å². The molecule has 0 radical (unpaired) electrons. The monoisotopic (exact) mass is 237 g/mol. The van der Waals surface area contributed by atoms with Crippen molar-refractivity contribution >= 4 is 17.6 Å². The first kappa shape index (κ1) is 11.6. The number of hydrogen-bond donors (Lipinski definition) is 1. The van der Waals surface area contributed by atoms with Crippen molar-refractivity contribution in [2.75, 3.05) is 11.4 Å². The fraction of sp³-hybridized carbons (Fsp3) is 0.333. The van der Waals surface area contributed by atoms with Gasteiger partial charge in [-0.3, -0.25) is 9.59 Å². The Hall–Kier alpha value is -1.91. The molecule has 1 aliphatic heterocycles. The first-order valence-corrected chi connectivity index (χ1v) is 5.28. The van der Waals surface area contributed by atoms with Crippen molar-refractivity contribution in [3.8, 4) is 0 Å². The summed E-state index contributed by atoms with van der Waals surface area (Å²) in [6.45, 7) is 1.85. The SMILES string of the molecule is Cc1cc(F)ccc1N1CC(C(=O)O)CC1=O. The molecule has 0 aromatic heterocycles. The number of nitrogens with zero attached hydrogens (tertiary/aromatic N) is 1. The van der Waals surface area contributed by atoms with Crippen molar-refractivity contribution in [1.29, 1.82) is 0 Å². The van der Waals surface area contributed by atoms with Crippen molar-refractivity contribution in [3.63, 3.8) is 0 Å². The van der Waals surface area contributed by atoms with E-state index in [9.17, 15) is 14.0 Å². The van der Waals surface area contributed by atoms with Crippen LogP contribution in [0.1, 0.15) is 12.0 Å². The highest BCUT2D eigenvalue weighted by Crippen LogP contribution is 2.28. The van der Waals surface area contributed by atoms with E-state index in [1.165, 1.54) is 23.1 Å². The largest absolute Gasteiger partial charge is 0.481 e. The van der Waals surface area contributed by atoms with Crippen LogP contribution in [-0.2, 0) is 9.59 Å². The Balaban J connectivity index is 2.29. The number of aryl methyl sites for hydroxylation is 1. The highest BCUT2D eigenvalue weighted by molar-refractivity contribution is 5.99. The highest BCUT2D eigenvalue weighted by Gasteiger charge is 2.35. The standard InChI is InChI=1S/C12H12FNO3/c1-7-4-9(13)2-3-10(7)14-6-8(12(16)17)5-11(14)15/h2-4,8H,5-6H2,1H3,(H,16,17). The summed E-state index contributed by atoms with van der Waals surface area (Å²) in [5.41, 5.74) is 1.21. The lowest BCUT2D eigenvalue weighted by Gasteiger charge is -2.18. The van der Waals surface area contributed by atoms with E-state index in [1.54, 1.807) is 6.92 Å². The first-order chi connectivity index (χ1) is 7.99. The number of benzene rings is 1. The quantitative estimate of drug-likeness (QED) is 0.849. The van der Waals surface area contributed by atoms with E-state index in [2.05, 4.69) is 0 Å². The molecule has 1 atom stereocenters. The number of carbonyl (C=O) groups excluding carboxylic acids is 1. The maximum Gasteiger partial charge on any atom is 0.308 e. The summed E-state index contributed by atoms with van der Waals surface area (Å²) in [6.07, 6.45) is 0.00610. The molecule has 1 aliphatic rings. The molecule has 1 aromatic carbocycles. The van der Waals surface area contributed by atoms with Gasteiger partial charge in [-0.05, 0) is 30.7 Å². The smallest absolute Gasteiger partial charge is 0.308 e. The predicted octanol–water partition coefficient (Wildman–Crippen LogP) is 1.57. The molecule has 90 valence electrons. The second-order valence-corrected chi connectivity index (χ2v) is 4.17. The Labute approximate surface area is 97.7 Å². The van der Waals surface area contributed by atoms with E-state index in [1.807, 2.05) is 0 Å². The van der Waals surface area contributed by atoms with Gasteiger partial charge in [0.05, 0.1) is 5.92 Å². The first-order valence-electron chi connectivity index (χ1n) is 5.28. The van der Waals surface area contributed by atoms with E-state index in [4.69, 9.17) is 5.11 Å². The molecule has 1 saturated heterocycles. The summed E-state index contributed by atoms with van der Waals surface area (Å²) in [5.74, 6) is -2.24. The van der Waals surface area contributed by atoms with Crippen LogP contribution in [0.5, 0.6) is 0 Å². The molecule has 0 bridgehead atoms. The molecule has 1 unspecified atom stereocenters. The van der Waals surface area contributed by atoms with Crippen molar-refractivity contribution < 1.29 is 19.1 Å². The van der Waals surface area contributed by atoms with Crippen molar-refractivity contribution in [3.05, 3.63) is 29.6 Å². The average Bonchev–Trinajstić information content (AvgIpc) is 2.61. The van der Waals surface area contributed by atoms with E-state index in [0.29, 0.717) is 11.3 Å². The molecule has 0 saturated carbocycles. The second-order valence-electron chi connectivity index (χ2n) is 4.17. The molecular formula is C12H12FNO3. The number of hydrogen-bond acceptors (Lipinski definition) is 2. The molecule has 0 aliphatic carbocycles. The Morgan fingerprint density at radius 2 is 2.24 bits per heavy atom. The summed E-state index contributed by atoms with van der Waals surface area (Å²) in [7, 11) is 0. The summed E-state index contributed by atoms with van der Waals surface area (Å²) in [6, 6.07) is 4.10. The van der Waals surface area contributed by atoms with Gasteiger partial charge >= 0.3 is 5.97 Å². The third kappa shape index (κ3) is 2.13. The topological polar surface area (TPSA) is 57.6 Å². The Bertz CT molecular complexity index is 487. The van der Waals surface area contributed by atoms with Crippen LogP contribution in [0.25, 0.3) is 0 Å². The van der Waals surface area contributed by atoms with E-state index < -0.39 is 11.9 Å². The van der Waals surface area contributed by atoms with Crippen LogP contribution in [0.15, 0.2) is 18.2 Å². The predicted molar refractivity (Wildman–Crippen MR) is 59.2 cm³/mol. The molecular weight excluding hydrogens is 225 g/mol. The molecule has 5 heteroatoms. The van der Waals surface area contributed by atoms with Crippen LogP contribution >= 0.6 is 0 Å². The maximum absolute atomic E-state index is 12.9. The molecule has 2 rings (SSSR count). The number of carboxylic acids is 1. The van der Waals surface area contributed by atoms with Gasteiger partial charge in [-0.2, -0.15) is 0 Å².